The van der Waals surface area contributed by atoms with Gasteiger partial charge < -0.3 is 88.8 Å². The van der Waals surface area contributed by atoms with Crippen LogP contribution >= 0.6 is 15.9 Å². The fourth-order valence-electron chi connectivity index (χ4n) is 16.1. The smallest absolute Gasteiger partial charge is 0.662 e. The van der Waals surface area contributed by atoms with Crippen molar-refractivity contribution < 1.29 is 187 Å². The first-order valence-corrected chi connectivity index (χ1v) is 41.9. The first-order chi connectivity index (χ1) is 57.1. The average Bonchev–Trinajstić information content (AvgIpc) is 1.58. The summed E-state index contributed by atoms with van der Waals surface area (Å²) < 4.78 is 80.7. The average molecular weight is 1870 g/mol. The minimum Gasteiger partial charge on any atom is -0.662 e. The molecule has 37 heteroatoms. The number of aromatic nitrogens is 2. The fraction of sp³-hybridized carbons (Fsp3) is 0.530. The molecule has 4 aliphatic heterocycles. The summed E-state index contributed by atoms with van der Waals surface area (Å²) >= 11 is 3.28. The van der Waals surface area contributed by atoms with Crippen molar-refractivity contribution in [2.45, 2.75) is 220 Å². The summed E-state index contributed by atoms with van der Waals surface area (Å²) in [6.07, 6.45) is 18.8. The normalized spacial score (nSPS) is 24.9. The minimum absolute atomic E-state index is 0. The maximum atomic E-state index is 14.5. The number of ether oxygens (including phenoxy) is 9. The molecule has 10 atom stereocenters. The first kappa shape index (κ1) is 95.2. The number of rotatable bonds is 16. The van der Waals surface area contributed by atoms with Crippen LogP contribution in [0.2, 0.25) is 0 Å². The molecule has 0 bridgehead atoms. The molecule has 120 heavy (non-hydrogen) atoms. The van der Waals surface area contributed by atoms with Gasteiger partial charge in [-0.15, -0.1) is 0 Å². The number of hydrogen-bond acceptors (Lipinski definition) is 27. The Morgan fingerprint density at radius 1 is 0.575 bits per heavy atom. The van der Waals surface area contributed by atoms with Crippen LogP contribution in [0.5, 0.6) is 17.2 Å². The summed E-state index contributed by atoms with van der Waals surface area (Å²) in [4.78, 5) is 166. The number of nitrogens with zero attached hydrogens (tertiary/aromatic N) is 3. The minimum atomic E-state index is -4.24. The molecule has 6 amide bonds. The molecule has 13 rings (SSSR count). The van der Waals surface area contributed by atoms with Gasteiger partial charge in [0.2, 0.25) is 23.6 Å². The third kappa shape index (κ3) is 23.6. The number of amides is 6. The van der Waals surface area contributed by atoms with E-state index < -0.39 is 117 Å². The molecule has 34 nitrogen and oxygen atoms in total. The number of aromatic amines is 1. The molecule has 2 aromatic heterocycles. The van der Waals surface area contributed by atoms with E-state index in [1.54, 1.807) is 43.5 Å². The third-order valence-corrected chi connectivity index (χ3v) is 24.5. The van der Waals surface area contributed by atoms with Gasteiger partial charge in [0.15, 0.2) is 11.1 Å². The molecule has 5 N–H and O–H groups in total. The van der Waals surface area contributed by atoms with E-state index in [0.717, 1.165) is 95.5 Å². The summed E-state index contributed by atoms with van der Waals surface area (Å²) in [7, 11) is 3.92. The number of esters is 4. The quantitative estimate of drug-likeness (QED) is 0.0163. The summed E-state index contributed by atoms with van der Waals surface area (Å²) in [6.45, 7) is 3.24. The number of carbonyl (C=O) groups excluding carboxylic acids is 11. The molecule has 2 unspecified atom stereocenters. The van der Waals surface area contributed by atoms with Crippen molar-refractivity contribution in [2.24, 2.45) is 11.8 Å². The van der Waals surface area contributed by atoms with Crippen molar-refractivity contribution in [1.29, 1.82) is 0 Å². The topological polar surface area (TPSA) is 447 Å². The standard InChI is InChI=1S/C38H48N4O10.C31H40BrN3O9S.C13H13NO4.CH2O3.Cs/c1-22-30(48-2)17-16-26-31(19-28(35(45)49-3)39-32(22)26)51-25-18-29-33(43)41-38(36(46)50-4)20-23(38)12-8-6-5-7-9-15-27(34(44)42(29)21-25)40-37(47)52-24-13-10-11-14-24;1-42-29(38)31-18-20(31)9-5-3-2-4-6-12-25(33-30(39)43-22-10-7-8-11-22)28(37)35-19-23(17-26(35)27(36)34-31)44-45(40,41)24-15-13-21(32)14-16-24;1-7-11(17-2)5-4-8-10(15)6-9(13(16)18-3)14-12(7)8;2-1-4-3;/h8,12,16-17,19,23-25,27,29H,5-7,9-11,13-15,18,20-21H2,1-4H3,(H,40,47)(H,41,43);5,9,13-16,20,22-23,25-26H,2-4,6-8,10-12,17-19H2,1H3,(H,33,39)(H,34,36);4-6H,1-3H3,(H,14,15);1,3H;/q;;;;+1/p-1/b12-8-;9-5-;;;/t23?,25-,27+,29+,38-;20?,23-,25-,26-,31+;;;/m10.../s1. The van der Waals surface area contributed by atoms with Crippen LogP contribution in [0.3, 0.4) is 0 Å². The van der Waals surface area contributed by atoms with Crippen molar-refractivity contribution in [3.8, 4) is 17.2 Å². The number of hydrogen-bond donors (Lipinski definition) is 5. The van der Waals surface area contributed by atoms with Crippen molar-refractivity contribution in [2.75, 3.05) is 55.7 Å². The zero-order valence-electron chi connectivity index (χ0n) is 68.6. The van der Waals surface area contributed by atoms with E-state index in [1.807, 2.05) is 38.2 Å². The van der Waals surface area contributed by atoms with Gasteiger partial charge in [0.25, 0.3) is 16.6 Å². The predicted molar refractivity (Wildman–Crippen MR) is 427 cm³/mol. The number of aryl methyl sites for hydroxylation is 2. The molecule has 6 heterocycles. The van der Waals surface area contributed by atoms with E-state index in [-0.39, 0.29) is 147 Å². The second-order valence-corrected chi connectivity index (χ2v) is 32.8. The van der Waals surface area contributed by atoms with Gasteiger partial charge in [-0.05, 0) is 165 Å². The molecule has 4 saturated carbocycles. The van der Waals surface area contributed by atoms with Crippen molar-refractivity contribution >= 4 is 114 Å². The van der Waals surface area contributed by atoms with Gasteiger partial charge in [0.05, 0.1) is 71.2 Å². The molecular weight excluding hydrogens is 1770 g/mol. The van der Waals surface area contributed by atoms with E-state index in [4.69, 9.17) is 52.1 Å². The van der Waals surface area contributed by atoms with Crippen LogP contribution in [0.1, 0.15) is 173 Å². The molecular formula is C83H102BrCsN8O26S. The second kappa shape index (κ2) is 43.9. The van der Waals surface area contributed by atoms with Crippen LogP contribution in [0, 0.1) is 25.7 Å². The number of benzene rings is 3. The van der Waals surface area contributed by atoms with Gasteiger partial charge in [0, 0.05) is 69.7 Å². The first-order valence-electron chi connectivity index (χ1n) is 39.7. The van der Waals surface area contributed by atoms with E-state index >= 15 is 0 Å². The zero-order valence-corrected chi connectivity index (χ0v) is 77.3. The molecule has 0 radical (unpaired) electrons. The maximum absolute atomic E-state index is 14.5. The van der Waals surface area contributed by atoms with Crippen molar-refractivity contribution in [3.05, 3.63) is 122 Å². The van der Waals surface area contributed by atoms with E-state index in [1.165, 1.54) is 69.6 Å². The Balaban J connectivity index is 0.000000218. The van der Waals surface area contributed by atoms with Crippen molar-refractivity contribution in [1.82, 2.24) is 41.0 Å². The third-order valence-electron chi connectivity index (χ3n) is 22.6. The van der Waals surface area contributed by atoms with Gasteiger partial charge in [0.1, 0.15) is 76.5 Å². The molecule has 6 fully saturated rings. The molecule has 8 aliphatic rings. The number of carbonyl (C=O) groups is 11. The van der Waals surface area contributed by atoms with Crippen LogP contribution < -0.4 is 115 Å². The van der Waals surface area contributed by atoms with Gasteiger partial charge in [-0.1, -0.05) is 65.9 Å². The van der Waals surface area contributed by atoms with E-state index in [2.05, 4.69) is 56.8 Å². The Bertz CT molecular complexity index is 4810. The summed E-state index contributed by atoms with van der Waals surface area (Å²) in [5.74, 6) is -3.51. The summed E-state index contributed by atoms with van der Waals surface area (Å²) in [6, 6.07) is 11.4. The fourth-order valence-corrected chi connectivity index (χ4v) is 17.4. The number of allylic oxidation sites excluding steroid dienone is 2. The number of H-pyrrole nitrogens is 1. The predicted octanol–water partition coefficient (Wildman–Crippen LogP) is 5.09. The molecule has 2 saturated heterocycles. The number of nitrogens with one attached hydrogen (secondary N) is 5. The van der Waals surface area contributed by atoms with Crippen LogP contribution in [-0.4, -0.2) is 210 Å². The Labute approximate surface area is 761 Å². The number of fused-ring (bicyclic) bond motifs is 6. The van der Waals surface area contributed by atoms with Gasteiger partial charge in [-0.2, -0.15) is 8.42 Å². The molecule has 0 spiro atoms. The number of pyridine rings is 2. The largest absolute Gasteiger partial charge is 1.00 e. The maximum Gasteiger partial charge on any atom is 1.00 e. The van der Waals surface area contributed by atoms with Crippen LogP contribution in [0.25, 0.3) is 21.8 Å². The van der Waals surface area contributed by atoms with Gasteiger partial charge >= 0.3 is 105 Å². The molecule has 644 valence electrons. The Morgan fingerprint density at radius 3 is 1.52 bits per heavy atom. The Morgan fingerprint density at radius 2 is 1.04 bits per heavy atom. The number of alkyl carbamates (subject to hydrolysis) is 2. The summed E-state index contributed by atoms with van der Waals surface area (Å²) in [5, 5.41) is 20.8. The second-order valence-electron chi connectivity index (χ2n) is 30.4. The summed E-state index contributed by atoms with van der Waals surface area (Å²) in [5.41, 5.74) is -0.0860. The molecule has 5 aromatic rings. The van der Waals surface area contributed by atoms with Crippen LogP contribution in [0.4, 0.5) is 9.59 Å². The van der Waals surface area contributed by atoms with Crippen LogP contribution in [0.15, 0.2) is 99.1 Å². The number of methoxy groups -OCH3 is 6. The monoisotopic (exact) mass is 1870 g/mol. The van der Waals surface area contributed by atoms with E-state index in [0.29, 0.717) is 87.6 Å². The SMILES string of the molecule is COC(=O)[C@@]12CC1/C=C\CCCCC[C@H](NC(=O)OC1CCCC1)C(=O)N1C[C@@H](OS(=O)(=O)c3ccc(Br)cc3)C[C@H]1C(=O)N2.COC(=O)c1cc(=O)c2ccc(OC)c(C)c2[nH]1.COC(=O)c1cc(O[C@@H]2C[C@H]3C(=O)N[C@]4(C(=O)OC)CC4/C=C\CCCCC[C@H](NC(=O)OC4CCCC4)C(=O)N3C2)c2ccc(OC)c(C)c2n1.O=CO[O-].[Cs+]. The molecule has 4 aliphatic carbocycles. The van der Waals surface area contributed by atoms with Crippen LogP contribution in [-0.2, 0) is 81.2 Å². The van der Waals surface area contributed by atoms with Gasteiger partial charge in [-0.25, -0.2) is 33.8 Å². The van der Waals surface area contributed by atoms with Gasteiger partial charge in [-0.3, -0.25) is 33.0 Å². The Kier molecular flexibility index (Phi) is 34.8. The zero-order chi connectivity index (χ0) is 85.9. The Hall–Kier alpha value is -8.67. The number of halogens is 1. The van der Waals surface area contributed by atoms with Crippen molar-refractivity contribution in [3.63, 3.8) is 0 Å². The van der Waals surface area contributed by atoms with E-state index in [9.17, 15) is 61.2 Å². The molecule has 3 aromatic carbocycles.